The number of hydrogen-bond acceptors (Lipinski definition) is 6. The summed E-state index contributed by atoms with van der Waals surface area (Å²) in [7, 11) is 0. The summed E-state index contributed by atoms with van der Waals surface area (Å²) < 4.78 is 6.62. The molecule has 0 N–H and O–H groups in total. The van der Waals surface area contributed by atoms with Crippen LogP contribution in [0.15, 0.2) is 35.1 Å². The van der Waals surface area contributed by atoms with Crippen LogP contribution in [0.5, 0.6) is 0 Å². The van der Waals surface area contributed by atoms with Gasteiger partial charge >= 0.3 is 6.09 Å². The lowest BCUT2D eigenvalue weighted by molar-refractivity contribution is 0.0141. The minimum atomic E-state index is -0.598. The smallest absolute Gasteiger partial charge is 0.410 e. The Hall–Kier alpha value is -3.43. The van der Waals surface area contributed by atoms with E-state index in [4.69, 9.17) is 27.9 Å². The normalized spacial score (nSPS) is 15.2. The molecule has 0 spiro atoms. The molecule has 3 aromatic rings. The topological polar surface area (TPSA) is 102 Å². The summed E-state index contributed by atoms with van der Waals surface area (Å²) in [4.78, 5) is 59.4. The molecule has 36 heavy (non-hydrogen) atoms. The van der Waals surface area contributed by atoms with Crippen molar-refractivity contribution in [1.82, 2.24) is 19.4 Å². The molecular weight excluding hydrogens is 507 g/mol. The number of carbonyl (C=O) groups excluding carboxylic acids is 3. The van der Waals surface area contributed by atoms with Crippen molar-refractivity contribution in [2.24, 2.45) is 0 Å². The van der Waals surface area contributed by atoms with Crippen LogP contribution < -0.4 is 5.56 Å². The molecule has 0 bridgehead atoms. The number of ketones is 1. The molecular formula is C25H22Cl2N4O5. The van der Waals surface area contributed by atoms with E-state index in [1.807, 2.05) is 0 Å². The zero-order chi connectivity index (χ0) is 25.9. The number of hydrogen-bond donors (Lipinski definition) is 0. The average molecular weight is 529 g/mol. The van der Waals surface area contributed by atoms with Gasteiger partial charge < -0.3 is 14.5 Å². The lowest BCUT2D eigenvalue weighted by atomic mass is 10.1. The highest BCUT2D eigenvalue weighted by Crippen LogP contribution is 2.31. The highest BCUT2D eigenvalue weighted by Gasteiger charge is 2.33. The molecule has 0 atom stereocenters. The molecule has 186 valence electrons. The molecule has 9 nitrogen and oxygen atoms in total. The van der Waals surface area contributed by atoms with Crippen LogP contribution in [0.2, 0.25) is 10.0 Å². The van der Waals surface area contributed by atoms with Crippen molar-refractivity contribution in [1.29, 1.82) is 0 Å². The Bertz CT molecular complexity index is 1520. The Labute approximate surface area is 216 Å². The van der Waals surface area contributed by atoms with E-state index in [-0.39, 0.29) is 33.2 Å². The molecule has 0 aliphatic carbocycles. The summed E-state index contributed by atoms with van der Waals surface area (Å²) in [5.74, 6) is -0.799. The van der Waals surface area contributed by atoms with Gasteiger partial charge in [-0.15, -0.1) is 0 Å². The molecule has 0 unspecified atom stereocenters. The lowest BCUT2D eigenvalue weighted by Gasteiger charge is -2.35. The number of fused-ring (bicyclic) bond motifs is 4. The fourth-order valence-corrected chi connectivity index (χ4v) is 4.94. The minimum absolute atomic E-state index is 0.0589. The molecule has 11 heteroatoms. The lowest BCUT2D eigenvalue weighted by Crippen LogP contribution is -2.51. The molecule has 0 saturated carbocycles. The Balaban J connectivity index is 1.41. The van der Waals surface area contributed by atoms with Gasteiger partial charge in [0.1, 0.15) is 5.60 Å². The van der Waals surface area contributed by atoms with Gasteiger partial charge in [-0.05, 0) is 51.1 Å². The van der Waals surface area contributed by atoms with Gasteiger partial charge in [-0.25, -0.2) is 9.78 Å². The van der Waals surface area contributed by atoms with E-state index in [1.54, 1.807) is 42.7 Å². The minimum Gasteiger partial charge on any atom is -0.444 e. The fraction of sp³-hybridized carbons (Fsp3) is 0.320. The van der Waals surface area contributed by atoms with Crippen molar-refractivity contribution in [2.45, 2.75) is 26.4 Å². The number of amides is 2. The molecule has 3 heterocycles. The summed E-state index contributed by atoms with van der Waals surface area (Å²) >= 11 is 12.3. The van der Waals surface area contributed by atoms with Gasteiger partial charge in [0.05, 0.1) is 27.2 Å². The Morgan fingerprint density at radius 3 is 2.31 bits per heavy atom. The number of benzene rings is 2. The average Bonchev–Trinajstić information content (AvgIpc) is 3.08. The van der Waals surface area contributed by atoms with Gasteiger partial charge in [0.25, 0.3) is 11.5 Å². The first kappa shape index (κ1) is 24.3. The van der Waals surface area contributed by atoms with Gasteiger partial charge in [-0.1, -0.05) is 23.2 Å². The second kappa shape index (κ2) is 8.60. The van der Waals surface area contributed by atoms with Crippen molar-refractivity contribution in [3.63, 3.8) is 0 Å². The number of carbonyl (C=O) groups is 3. The molecule has 2 aliphatic rings. The standard InChI is InChI=1S/C25H22Cl2N4O5/c1-25(2,3)36-24(35)30-8-6-29(7-9-30)22(33)13-4-5-18-15(10-13)20(32)21-28-17-12-14(26)11-16(27)19(17)23(34)31(18)21/h4-5,10-12H,6-9H2,1-3H3. The van der Waals surface area contributed by atoms with Gasteiger partial charge in [0, 0.05) is 36.8 Å². The Morgan fingerprint density at radius 2 is 1.64 bits per heavy atom. The number of rotatable bonds is 1. The first-order chi connectivity index (χ1) is 16.9. The molecule has 2 amide bonds. The summed E-state index contributed by atoms with van der Waals surface area (Å²) in [6.45, 7) is 6.73. The maximum atomic E-state index is 13.2. The van der Waals surface area contributed by atoms with Gasteiger partial charge in [0.15, 0.2) is 5.82 Å². The van der Waals surface area contributed by atoms with Crippen LogP contribution in [-0.2, 0) is 4.74 Å². The van der Waals surface area contributed by atoms with E-state index in [2.05, 4.69) is 4.98 Å². The molecule has 5 rings (SSSR count). The fourth-order valence-electron chi connectivity index (χ4n) is 4.38. The van der Waals surface area contributed by atoms with Crippen LogP contribution in [0.4, 0.5) is 4.79 Å². The van der Waals surface area contributed by atoms with Crippen molar-refractivity contribution < 1.29 is 19.1 Å². The third kappa shape index (κ3) is 4.12. The zero-order valence-electron chi connectivity index (χ0n) is 19.8. The first-order valence-electron chi connectivity index (χ1n) is 11.3. The molecule has 2 aliphatic heterocycles. The van der Waals surface area contributed by atoms with Gasteiger partial charge in [-0.2, -0.15) is 0 Å². The zero-order valence-corrected chi connectivity index (χ0v) is 21.3. The predicted octanol–water partition coefficient (Wildman–Crippen LogP) is 3.93. The first-order valence-corrected chi connectivity index (χ1v) is 12.1. The maximum Gasteiger partial charge on any atom is 0.410 e. The van der Waals surface area contributed by atoms with E-state index in [1.165, 1.54) is 22.8 Å². The van der Waals surface area contributed by atoms with Crippen molar-refractivity contribution >= 4 is 51.9 Å². The third-order valence-corrected chi connectivity index (χ3v) is 6.56. The highest BCUT2D eigenvalue weighted by atomic mass is 35.5. The van der Waals surface area contributed by atoms with Crippen LogP contribution >= 0.6 is 23.2 Å². The predicted molar refractivity (Wildman–Crippen MR) is 135 cm³/mol. The second-order valence-electron chi connectivity index (χ2n) is 9.68. The van der Waals surface area contributed by atoms with E-state index in [9.17, 15) is 19.2 Å². The van der Waals surface area contributed by atoms with Crippen molar-refractivity contribution in [3.05, 3.63) is 67.7 Å². The maximum absolute atomic E-state index is 13.2. The highest BCUT2D eigenvalue weighted by molar-refractivity contribution is 6.38. The van der Waals surface area contributed by atoms with E-state index in [0.29, 0.717) is 42.5 Å². The molecule has 1 fully saturated rings. The quantitative estimate of drug-likeness (QED) is 0.371. The summed E-state index contributed by atoms with van der Waals surface area (Å²) in [5.41, 5.74) is -0.00897. The monoisotopic (exact) mass is 528 g/mol. The van der Waals surface area contributed by atoms with Gasteiger partial charge in [0.2, 0.25) is 5.78 Å². The van der Waals surface area contributed by atoms with Crippen LogP contribution in [0, 0.1) is 0 Å². The number of ether oxygens (including phenoxy) is 1. The van der Waals surface area contributed by atoms with E-state index < -0.39 is 23.0 Å². The van der Waals surface area contributed by atoms with Crippen molar-refractivity contribution in [2.75, 3.05) is 26.2 Å². The number of halogens is 2. The summed E-state index contributed by atoms with van der Waals surface area (Å²) in [6.07, 6.45) is -0.415. The number of piperazine rings is 1. The molecule has 2 aromatic carbocycles. The van der Waals surface area contributed by atoms with E-state index >= 15 is 0 Å². The SMILES string of the molecule is CC(C)(C)OC(=O)N1CCN(C(=O)c2ccc3c(c2)C(=O)c2nc4cc(Cl)cc(Cl)c4c(=O)n2-3)CC1. The van der Waals surface area contributed by atoms with Crippen LogP contribution in [0.1, 0.15) is 47.3 Å². The van der Waals surface area contributed by atoms with Crippen LogP contribution in [0.3, 0.4) is 0 Å². The summed E-state index contributed by atoms with van der Waals surface area (Å²) in [6, 6.07) is 7.54. The Kier molecular flexibility index (Phi) is 5.80. The Morgan fingerprint density at radius 1 is 0.972 bits per heavy atom. The van der Waals surface area contributed by atoms with Crippen LogP contribution in [0.25, 0.3) is 16.6 Å². The second-order valence-corrected chi connectivity index (χ2v) is 10.5. The molecule has 1 saturated heterocycles. The number of nitrogens with zero attached hydrogens (tertiary/aromatic N) is 4. The third-order valence-electron chi connectivity index (χ3n) is 6.04. The van der Waals surface area contributed by atoms with Crippen molar-refractivity contribution in [3.8, 4) is 5.69 Å². The molecule has 1 aromatic heterocycles. The van der Waals surface area contributed by atoms with Crippen LogP contribution in [-0.4, -0.2) is 68.9 Å². The van der Waals surface area contributed by atoms with E-state index in [0.717, 1.165) is 0 Å². The molecule has 0 radical (unpaired) electrons. The summed E-state index contributed by atoms with van der Waals surface area (Å²) in [5, 5.41) is 0.601. The largest absolute Gasteiger partial charge is 0.444 e. The van der Waals surface area contributed by atoms with Gasteiger partial charge in [-0.3, -0.25) is 19.0 Å². The number of aromatic nitrogens is 2.